The fourth-order valence-corrected chi connectivity index (χ4v) is 4.72. The van der Waals surface area contributed by atoms with Crippen LogP contribution in [0.5, 0.6) is 5.75 Å². The van der Waals surface area contributed by atoms with E-state index in [0.717, 1.165) is 25.5 Å². The Morgan fingerprint density at radius 2 is 2.03 bits per heavy atom. The van der Waals surface area contributed by atoms with Crippen LogP contribution in [-0.4, -0.2) is 47.1 Å². The molecule has 1 aliphatic heterocycles. The summed E-state index contributed by atoms with van der Waals surface area (Å²) in [6.07, 6.45) is 2.56. The molecule has 1 aromatic carbocycles. The molecule has 0 unspecified atom stereocenters. The van der Waals surface area contributed by atoms with Crippen molar-refractivity contribution in [2.75, 3.05) is 18.0 Å². The predicted octanol–water partition coefficient (Wildman–Crippen LogP) is 2.90. The van der Waals surface area contributed by atoms with Crippen LogP contribution in [-0.2, 0) is 0 Å². The molecule has 1 saturated heterocycles. The number of carbonyl (C=O) groups is 1. The van der Waals surface area contributed by atoms with Crippen molar-refractivity contribution in [3.8, 4) is 5.75 Å². The molecule has 166 valence electrons. The van der Waals surface area contributed by atoms with Gasteiger partial charge in [0.2, 0.25) is 5.43 Å². The molecular weight excluding hydrogens is 415 g/mol. The van der Waals surface area contributed by atoms with Crippen LogP contribution in [0.4, 0.5) is 18.9 Å². The van der Waals surface area contributed by atoms with Crippen LogP contribution in [0.25, 0.3) is 10.9 Å². The van der Waals surface area contributed by atoms with Crippen molar-refractivity contribution >= 4 is 22.6 Å². The Hall–Kier alpha value is -2.75. The highest BCUT2D eigenvalue weighted by atomic mass is 19.3. The average Bonchev–Trinajstić information content (AvgIpc) is 3.57. The zero-order valence-electron chi connectivity index (χ0n) is 16.6. The van der Waals surface area contributed by atoms with E-state index in [-0.39, 0.29) is 34.5 Å². The van der Waals surface area contributed by atoms with Gasteiger partial charge in [-0.15, -0.1) is 0 Å². The molecule has 2 aliphatic carbocycles. The van der Waals surface area contributed by atoms with E-state index in [1.165, 1.54) is 16.7 Å². The van der Waals surface area contributed by atoms with Gasteiger partial charge in [0, 0.05) is 31.2 Å². The lowest BCUT2D eigenvalue weighted by molar-refractivity contribution is -0.0487. The minimum Gasteiger partial charge on any atom is -0.477 e. The molecule has 3 N–H and O–H groups in total. The Bertz CT molecular complexity index is 1130. The van der Waals surface area contributed by atoms with Gasteiger partial charge in [0.25, 0.3) is 0 Å². The van der Waals surface area contributed by atoms with E-state index >= 15 is 0 Å². The summed E-state index contributed by atoms with van der Waals surface area (Å²) in [4.78, 5) is 26.2. The van der Waals surface area contributed by atoms with E-state index in [1.807, 2.05) is 4.90 Å². The highest BCUT2D eigenvalue weighted by Gasteiger charge is 2.48. The summed E-state index contributed by atoms with van der Waals surface area (Å²) in [6.45, 7) is -2.02. The van der Waals surface area contributed by atoms with Gasteiger partial charge >= 0.3 is 12.6 Å². The lowest BCUT2D eigenvalue weighted by Gasteiger charge is -2.25. The largest absolute Gasteiger partial charge is 0.477 e. The lowest BCUT2D eigenvalue weighted by Crippen LogP contribution is -2.34. The second-order valence-electron chi connectivity index (χ2n) is 8.76. The molecule has 31 heavy (non-hydrogen) atoms. The van der Waals surface area contributed by atoms with Crippen molar-refractivity contribution in [3.05, 3.63) is 34.1 Å². The number of hydrogen-bond acceptors (Lipinski definition) is 5. The monoisotopic (exact) mass is 437 g/mol. The van der Waals surface area contributed by atoms with Crippen molar-refractivity contribution in [1.29, 1.82) is 0 Å². The Kier molecular flexibility index (Phi) is 4.47. The maximum atomic E-state index is 13.9. The zero-order chi connectivity index (χ0) is 22.1. The fourth-order valence-electron chi connectivity index (χ4n) is 4.72. The summed E-state index contributed by atoms with van der Waals surface area (Å²) in [7, 11) is 0. The third kappa shape index (κ3) is 3.33. The Balaban J connectivity index is 1.69. The third-order valence-electron chi connectivity index (χ3n) is 6.77. The van der Waals surface area contributed by atoms with Crippen LogP contribution in [0.3, 0.4) is 0 Å². The van der Waals surface area contributed by atoms with Crippen molar-refractivity contribution in [2.45, 2.75) is 50.0 Å². The van der Waals surface area contributed by atoms with Crippen LogP contribution in [0, 0.1) is 5.92 Å². The third-order valence-corrected chi connectivity index (χ3v) is 6.77. The quantitative estimate of drug-likeness (QED) is 0.721. The minimum atomic E-state index is -3.17. The van der Waals surface area contributed by atoms with E-state index in [2.05, 4.69) is 0 Å². The van der Waals surface area contributed by atoms with Gasteiger partial charge in [-0.1, -0.05) is 0 Å². The summed E-state index contributed by atoms with van der Waals surface area (Å²) in [5.74, 6) is -1.47. The molecule has 3 fully saturated rings. The first-order valence-corrected chi connectivity index (χ1v) is 10.3. The lowest BCUT2D eigenvalue weighted by atomic mass is 9.97. The average molecular weight is 437 g/mol. The highest BCUT2D eigenvalue weighted by molar-refractivity contribution is 5.97. The van der Waals surface area contributed by atoms with Crippen LogP contribution in [0.1, 0.15) is 42.1 Å². The van der Waals surface area contributed by atoms with Crippen molar-refractivity contribution < 1.29 is 27.8 Å². The summed E-state index contributed by atoms with van der Waals surface area (Å²) >= 11 is 0. The molecule has 3 atom stereocenters. The molecule has 1 aromatic heterocycles. The number of rotatable bonds is 6. The smallest absolute Gasteiger partial charge is 0.387 e. The Morgan fingerprint density at radius 1 is 1.32 bits per heavy atom. The van der Waals surface area contributed by atoms with E-state index in [0.29, 0.717) is 18.8 Å². The number of aromatic carboxylic acids is 1. The molecule has 2 aromatic rings. The maximum absolute atomic E-state index is 13.9. The SMILES string of the molecule is NC1([C@@H]2CCN(c3ccc4c(=O)c(C(=O)O)cn([C@@H]5C[C@@H]5F)c4c3OC(F)F)C2)CC1. The normalized spacial score (nSPS) is 26.5. The molecule has 2 heterocycles. The number of carboxylic acids is 1. The molecule has 10 heteroatoms. The number of pyridine rings is 1. The second kappa shape index (κ2) is 6.88. The van der Waals surface area contributed by atoms with Gasteiger partial charge in [0.15, 0.2) is 5.75 Å². The van der Waals surface area contributed by atoms with Crippen LogP contribution in [0.2, 0.25) is 0 Å². The summed E-state index contributed by atoms with van der Waals surface area (Å²) < 4.78 is 46.9. The zero-order valence-corrected chi connectivity index (χ0v) is 16.6. The van der Waals surface area contributed by atoms with Gasteiger partial charge in [0.05, 0.1) is 22.6 Å². The molecule has 0 spiro atoms. The number of fused-ring (bicyclic) bond motifs is 1. The maximum Gasteiger partial charge on any atom is 0.387 e. The van der Waals surface area contributed by atoms with Crippen LogP contribution >= 0.6 is 0 Å². The number of aromatic nitrogens is 1. The van der Waals surface area contributed by atoms with E-state index in [1.54, 1.807) is 0 Å². The number of anilines is 1. The molecule has 3 aliphatic rings. The fraction of sp³-hybridized carbons (Fsp3) is 0.524. The van der Waals surface area contributed by atoms with Crippen molar-refractivity contribution in [2.24, 2.45) is 11.7 Å². The first-order valence-electron chi connectivity index (χ1n) is 10.3. The summed E-state index contributed by atoms with van der Waals surface area (Å²) in [5.41, 5.74) is 5.12. The number of ether oxygens (including phenoxy) is 1. The molecule has 0 radical (unpaired) electrons. The van der Waals surface area contributed by atoms with Crippen molar-refractivity contribution in [1.82, 2.24) is 4.57 Å². The van der Waals surface area contributed by atoms with Gasteiger partial charge in [-0.3, -0.25) is 4.79 Å². The highest BCUT2D eigenvalue weighted by Crippen LogP contribution is 2.48. The van der Waals surface area contributed by atoms with Crippen LogP contribution < -0.4 is 20.8 Å². The topological polar surface area (TPSA) is 97.8 Å². The molecule has 0 bridgehead atoms. The molecule has 2 saturated carbocycles. The number of hydrogen-bond donors (Lipinski definition) is 2. The molecule has 7 nitrogen and oxygen atoms in total. The Labute approximate surface area is 175 Å². The Morgan fingerprint density at radius 3 is 2.61 bits per heavy atom. The molecule has 0 amide bonds. The number of halogens is 3. The second-order valence-corrected chi connectivity index (χ2v) is 8.76. The van der Waals surface area contributed by atoms with E-state index < -0.39 is 35.8 Å². The minimum absolute atomic E-state index is 0.00437. The van der Waals surface area contributed by atoms with Gasteiger partial charge in [0.1, 0.15) is 11.7 Å². The summed E-state index contributed by atoms with van der Waals surface area (Å²) in [5, 5.41) is 9.30. The standard InChI is InChI=1S/C21H22F3N3O4/c22-13-7-15(13)27-9-12(19(29)30)17(28)11-1-2-14(18(16(11)27)31-20(23)24)26-6-3-10(8-26)21(25)4-5-21/h1-2,9-10,13,15,20H,3-8,25H2,(H,29,30)/t10-,13+,15-/m1/s1. The van der Waals surface area contributed by atoms with Gasteiger partial charge in [-0.05, 0) is 37.3 Å². The first kappa shape index (κ1) is 20.2. The number of benzene rings is 1. The van der Waals surface area contributed by atoms with Gasteiger partial charge < -0.3 is 25.0 Å². The number of nitrogens with zero attached hydrogens (tertiary/aromatic N) is 2. The van der Waals surface area contributed by atoms with Gasteiger partial charge in [-0.2, -0.15) is 8.78 Å². The molecular formula is C21H22F3N3O4. The van der Waals surface area contributed by atoms with Crippen molar-refractivity contribution in [3.63, 3.8) is 0 Å². The number of nitrogens with two attached hydrogens (primary N) is 1. The number of carboxylic acid groups (broad SMARTS) is 1. The predicted molar refractivity (Wildman–Crippen MR) is 107 cm³/mol. The number of alkyl halides is 3. The summed E-state index contributed by atoms with van der Waals surface area (Å²) in [6, 6.07) is 2.17. The van der Waals surface area contributed by atoms with E-state index in [4.69, 9.17) is 10.5 Å². The first-order chi connectivity index (χ1) is 14.7. The van der Waals surface area contributed by atoms with E-state index in [9.17, 15) is 27.9 Å². The van der Waals surface area contributed by atoms with Gasteiger partial charge in [-0.25, -0.2) is 9.18 Å². The molecule has 5 rings (SSSR count). The van der Waals surface area contributed by atoms with Crippen LogP contribution in [0.15, 0.2) is 23.1 Å².